The lowest BCUT2D eigenvalue weighted by molar-refractivity contribution is -0.142. The summed E-state index contributed by atoms with van der Waals surface area (Å²) in [6.07, 6.45) is 4.31. The molecule has 0 heterocycles. The first-order valence-electron chi connectivity index (χ1n) is 10.4. The number of hydrogen-bond donors (Lipinski definition) is 1. The average molecular weight is 415 g/mol. The zero-order valence-corrected chi connectivity index (χ0v) is 17.3. The van der Waals surface area contributed by atoms with Gasteiger partial charge in [0.05, 0.1) is 23.7 Å². The fourth-order valence-corrected chi connectivity index (χ4v) is 4.41. The first-order chi connectivity index (χ1) is 14.0. The van der Waals surface area contributed by atoms with E-state index < -0.39 is 5.97 Å². The van der Waals surface area contributed by atoms with Gasteiger partial charge >= 0.3 is 5.97 Å². The second kappa shape index (κ2) is 8.66. The fraction of sp³-hybridized carbons (Fsp3) is 0.458. The maximum absolute atomic E-state index is 11.5. The van der Waals surface area contributed by atoms with Crippen molar-refractivity contribution < 1.29 is 19.4 Å². The monoisotopic (exact) mass is 414 g/mol. The smallest absolute Gasteiger partial charge is 0.306 e. The van der Waals surface area contributed by atoms with Gasteiger partial charge in [0.1, 0.15) is 11.5 Å². The second-order valence-electron chi connectivity index (χ2n) is 8.38. The van der Waals surface area contributed by atoms with Crippen molar-refractivity contribution in [2.45, 2.75) is 44.6 Å². The molecule has 2 aromatic carbocycles. The van der Waals surface area contributed by atoms with Gasteiger partial charge in [-0.2, -0.15) is 0 Å². The van der Waals surface area contributed by atoms with E-state index in [2.05, 4.69) is 0 Å². The highest BCUT2D eigenvalue weighted by molar-refractivity contribution is 6.32. The number of benzene rings is 2. The van der Waals surface area contributed by atoms with Gasteiger partial charge in [-0.05, 0) is 73.3 Å². The Morgan fingerprint density at radius 1 is 1.17 bits per heavy atom. The fourth-order valence-electron chi connectivity index (χ4n) is 4.23. The molecule has 2 saturated carbocycles. The van der Waals surface area contributed by atoms with Crippen molar-refractivity contribution in [1.82, 2.24) is 0 Å². The molecular formula is C24H27ClO4. The van der Waals surface area contributed by atoms with Crippen LogP contribution in [0.25, 0.3) is 0 Å². The van der Waals surface area contributed by atoms with Crippen LogP contribution in [-0.4, -0.2) is 23.8 Å². The Bertz CT molecular complexity index is 857. The summed E-state index contributed by atoms with van der Waals surface area (Å²) in [6.45, 7) is 2.46. The maximum Gasteiger partial charge on any atom is 0.306 e. The minimum atomic E-state index is -0.729. The van der Waals surface area contributed by atoms with Gasteiger partial charge in [0, 0.05) is 0 Å². The molecule has 0 bridgehead atoms. The van der Waals surface area contributed by atoms with Gasteiger partial charge in [-0.25, -0.2) is 0 Å². The Labute approximate surface area is 176 Å². The zero-order valence-electron chi connectivity index (χ0n) is 16.6. The van der Waals surface area contributed by atoms with Crippen molar-refractivity contribution >= 4 is 17.6 Å². The molecular weight excluding hydrogens is 388 g/mol. The summed E-state index contributed by atoms with van der Waals surface area (Å²) in [4.78, 5) is 11.5. The lowest BCUT2D eigenvalue weighted by atomic mass is 9.82. The van der Waals surface area contributed by atoms with E-state index in [-0.39, 0.29) is 17.9 Å². The van der Waals surface area contributed by atoms with Crippen LogP contribution in [0.1, 0.15) is 44.1 Å². The minimum Gasteiger partial charge on any atom is -0.493 e. The average Bonchev–Trinajstić information content (AvgIpc) is 3.50. The van der Waals surface area contributed by atoms with E-state index in [1.807, 2.05) is 55.5 Å². The van der Waals surface area contributed by atoms with Gasteiger partial charge in [-0.1, -0.05) is 42.8 Å². The van der Waals surface area contributed by atoms with Crippen LogP contribution in [0.5, 0.6) is 11.5 Å². The SMILES string of the molecule is CC(C(=O)O)C(c1cccc(OCC2CC(Oc3ccccc3Cl)C2)c1)C1CC1. The summed E-state index contributed by atoms with van der Waals surface area (Å²) in [5.41, 5.74) is 1.08. The summed E-state index contributed by atoms with van der Waals surface area (Å²) in [5.74, 6) is 1.45. The molecule has 2 fully saturated rings. The molecule has 0 radical (unpaired) electrons. The zero-order chi connectivity index (χ0) is 20.4. The van der Waals surface area contributed by atoms with Gasteiger partial charge in [-0.15, -0.1) is 0 Å². The van der Waals surface area contributed by atoms with Crippen molar-refractivity contribution in [2.24, 2.45) is 17.8 Å². The largest absolute Gasteiger partial charge is 0.493 e. The van der Waals surface area contributed by atoms with Crippen molar-refractivity contribution in [3.8, 4) is 11.5 Å². The second-order valence-corrected chi connectivity index (χ2v) is 8.79. The molecule has 1 N–H and O–H groups in total. The summed E-state index contributed by atoms with van der Waals surface area (Å²) in [5, 5.41) is 10.1. The topological polar surface area (TPSA) is 55.8 Å². The molecule has 2 aromatic rings. The molecule has 154 valence electrons. The molecule has 0 aromatic heterocycles. The Hall–Kier alpha value is -2.20. The number of carboxylic acids is 1. The van der Waals surface area contributed by atoms with Crippen molar-refractivity contribution in [3.63, 3.8) is 0 Å². The molecule has 0 saturated heterocycles. The number of hydrogen-bond acceptors (Lipinski definition) is 3. The van der Waals surface area contributed by atoms with E-state index >= 15 is 0 Å². The van der Waals surface area contributed by atoms with Crippen LogP contribution in [0.3, 0.4) is 0 Å². The number of ether oxygens (including phenoxy) is 2. The van der Waals surface area contributed by atoms with E-state index in [0.29, 0.717) is 23.5 Å². The van der Waals surface area contributed by atoms with Crippen LogP contribution in [0.15, 0.2) is 48.5 Å². The van der Waals surface area contributed by atoms with E-state index in [4.69, 9.17) is 21.1 Å². The highest BCUT2D eigenvalue weighted by atomic mass is 35.5. The predicted molar refractivity (Wildman–Crippen MR) is 113 cm³/mol. The highest BCUT2D eigenvalue weighted by Gasteiger charge is 2.38. The lowest BCUT2D eigenvalue weighted by Crippen LogP contribution is -2.37. The van der Waals surface area contributed by atoms with Gasteiger partial charge < -0.3 is 14.6 Å². The normalized spacial score (nSPS) is 23.0. The van der Waals surface area contributed by atoms with Gasteiger partial charge in [0.2, 0.25) is 0 Å². The molecule has 5 heteroatoms. The first-order valence-corrected chi connectivity index (χ1v) is 10.8. The van der Waals surface area contributed by atoms with Crippen molar-refractivity contribution in [1.29, 1.82) is 0 Å². The summed E-state index contributed by atoms with van der Waals surface area (Å²) < 4.78 is 12.0. The van der Waals surface area contributed by atoms with Crippen LogP contribution in [0.2, 0.25) is 5.02 Å². The standard InChI is InChI=1S/C24H27ClO4/c1-15(24(26)27)23(17-9-10-17)18-5-4-6-19(13-18)28-14-16-11-20(12-16)29-22-8-3-2-7-21(22)25/h2-8,13,15-17,20,23H,9-12,14H2,1H3,(H,26,27). The molecule has 0 spiro atoms. The molecule has 2 unspecified atom stereocenters. The Balaban J connectivity index is 1.29. The highest BCUT2D eigenvalue weighted by Crippen LogP contribution is 2.47. The molecule has 4 nitrogen and oxygen atoms in total. The molecule has 29 heavy (non-hydrogen) atoms. The number of halogens is 1. The Morgan fingerprint density at radius 3 is 2.62 bits per heavy atom. The third-order valence-electron chi connectivity index (χ3n) is 6.11. The van der Waals surface area contributed by atoms with E-state index in [9.17, 15) is 9.90 Å². The first kappa shape index (κ1) is 20.1. The Morgan fingerprint density at radius 2 is 1.93 bits per heavy atom. The molecule has 2 aliphatic carbocycles. The minimum absolute atomic E-state index is 0.0631. The van der Waals surface area contributed by atoms with E-state index in [1.54, 1.807) is 0 Å². The number of rotatable bonds is 9. The summed E-state index contributed by atoms with van der Waals surface area (Å²) >= 11 is 6.15. The number of aliphatic carboxylic acids is 1. The van der Waals surface area contributed by atoms with Crippen LogP contribution >= 0.6 is 11.6 Å². The third kappa shape index (κ3) is 4.87. The predicted octanol–water partition coefficient (Wildman–Crippen LogP) is 5.79. The van der Waals surface area contributed by atoms with E-state index in [1.165, 1.54) is 0 Å². The summed E-state index contributed by atoms with van der Waals surface area (Å²) in [6, 6.07) is 15.5. The van der Waals surface area contributed by atoms with Crippen molar-refractivity contribution in [3.05, 3.63) is 59.1 Å². The van der Waals surface area contributed by atoms with E-state index in [0.717, 1.165) is 42.7 Å². The number of carbonyl (C=O) groups is 1. The summed E-state index contributed by atoms with van der Waals surface area (Å²) in [7, 11) is 0. The van der Waals surface area contributed by atoms with Gasteiger partial charge in [0.15, 0.2) is 0 Å². The molecule has 0 amide bonds. The van der Waals surface area contributed by atoms with Crippen molar-refractivity contribution in [2.75, 3.05) is 6.61 Å². The molecule has 2 atom stereocenters. The van der Waals surface area contributed by atoms with Gasteiger partial charge in [-0.3, -0.25) is 4.79 Å². The quantitative estimate of drug-likeness (QED) is 0.564. The molecule has 4 rings (SSSR count). The third-order valence-corrected chi connectivity index (χ3v) is 6.42. The number of para-hydroxylation sites is 1. The van der Waals surface area contributed by atoms with Crippen LogP contribution in [-0.2, 0) is 4.79 Å². The molecule has 0 aliphatic heterocycles. The van der Waals surface area contributed by atoms with Crippen LogP contribution < -0.4 is 9.47 Å². The Kier molecular flexibility index (Phi) is 6.00. The molecule has 2 aliphatic rings. The number of carboxylic acid groups (broad SMARTS) is 1. The van der Waals surface area contributed by atoms with Gasteiger partial charge in [0.25, 0.3) is 0 Å². The lowest BCUT2D eigenvalue weighted by Gasteiger charge is -2.35. The van der Waals surface area contributed by atoms with Crippen LogP contribution in [0.4, 0.5) is 0 Å². The maximum atomic E-state index is 11.5. The van der Waals surface area contributed by atoms with Crippen LogP contribution in [0, 0.1) is 17.8 Å².